The highest BCUT2D eigenvalue weighted by Crippen LogP contribution is 2.82. The van der Waals surface area contributed by atoms with Gasteiger partial charge in [-0.3, -0.25) is 0 Å². The number of hydrogen-bond acceptors (Lipinski definition) is 0. The Labute approximate surface area is 273 Å². The van der Waals surface area contributed by atoms with Gasteiger partial charge >= 0.3 is 0 Å². The van der Waals surface area contributed by atoms with E-state index < -0.39 is 23.8 Å². The summed E-state index contributed by atoms with van der Waals surface area (Å²) in [5.41, 5.74) is 0. The molecular weight excluding hydrogens is 613 g/mol. The van der Waals surface area contributed by atoms with Crippen molar-refractivity contribution in [1.29, 1.82) is 0 Å². The molecule has 0 heterocycles. The van der Waals surface area contributed by atoms with Crippen LogP contribution in [0.25, 0.3) is 0 Å². The Morgan fingerprint density at radius 3 is 0.568 bits per heavy atom. The summed E-state index contributed by atoms with van der Waals surface area (Å²) in [6.45, 7) is 4.43. The summed E-state index contributed by atoms with van der Waals surface area (Å²) in [4.78, 5) is 0. The van der Waals surface area contributed by atoms with Gasteiger partial charge < -0.3 is 0 Å². The first-order chi connectivity index (χ1) is 21.4. The summed E-state index contributed by atoms with van der Waals surface area (Å²) < 4.78 is -1.97. The van der Waals surface area contributed by atoms with Crippen LogP contribution in [-0.4, -0.2) is 9.23 Å². The quantitative estimate of drug-likeness (QED) is 0.108. The smallest absolute Gasteiger partial charge is 0.0678 e. The van der Waals surface area contributed by atoms with E-state index in [2.05, 4.69) is 196 Å². The second kappa shape index (κ2) is 12.6. The van der Waals surface area contributed by atoms with Crippen molar-refractivity contribution >= 4 is 69.6 Å². The molecule has 0 bridgehead atoms. The number of benzene rings is 6. The average Bonchev–Trinajstić information content (AvgIpc) is 3.08. The van der Waals surface area contributed by atoms with Crippen molar-refractivity contribution in [3.8, 4) is 0 Å². The summed E-state index contributed by atoms with van der Waals surface area (Å²) >= 11 is 17.1. The van der Waals surface area contributed by atoms with Crippen LogP contribution in [0.2, 0.25) is 0 Å². The predicted octanol–water partition coefficient (Wildman–Crippen LogP) is 8.88. The molecule has 0 saturated heterocycles. The van der Waals surface area contributed by atoms with E-state index in [1.807, 2.05) is 0 Å². The third-order valence-corrected chi connectivity index (χ3v) is 21.6. The molecule has 0 aromatic heterocycles. The molecule has 0 aliphatic carbocycles. The van der Waals surface area contributed by atoms with Gasteiger partial charge in [0.2, 0.25) is 9.23 Å². The first-order valence-corrected chi connectivity index (χ1v) is 19.2. The van der Waals surface area contributed by atoms with E-state index >= 15 is 0 Å². The van der Waals surface area contributed by atoms with Gasteiger partial charge in [0.15, 0.2) is 0 Å². The molecule has 6 aromatic carbocycles. The van der Waals surface area contributed by atoms with Crippen molar-refractivity contribution in [3.63, 3.8) is 0 Å². The molecule has 0 N–H and O–H groups in total. The van der Waals surface area contributed by atoms with E-state index in [9.17, 15) is 0 Å². The zero-order valence-electron chi connectivity index (χ0n) is 25.0. The second-order valence-corrected chi connectivity index (χ2v) is 20.9. The zero-order valence-corrected chi connectivity index (χ0v) is 28.3. The predicted molar refractivity (Wildman–Crippen MR) is 199 cm³/mol. The maximum Gasteiger partial charge on any atom is 0.216 e. The minimum Gasteiger partial charge on any atom is -0.0678 e. The highest BCUT2D eigenvalue weighted by molar-refractivity contribution is 8.02. The van der Waals surface area contributed by atoms with Crippen molar-refractivity contribution in [2.24, 2.45) is 0 Å². The first kappa shape index (κ1) is 30.8. The minimum absolute atomic E-state index is 0.985. The Morgan fingerprint density at radius 2 is 0.432 bits per heavy atom. The molecule has 218 valence electrons. The van der Waals surface area contributed by atoms with E-state index in [1.54, 1.807) is 0 Å². The van der Waals surface area contributed by atoms with Gasteiger partial charge in [0.1, 0.15) is 46.4 Å². The number of rotatable bonds is 9. The number of halogens is 2. The number of alkyl halides is 2. The molecule has 0 nitrogen and oxygen atoms in total. The fraction of sp³-hybridized carbons (Fsp3) is 0.100. The van der Waals surface area contributed by atoms with Gasteiger partial charge in [-0.2, -0.15) is 0 Å². The van der Waals surface area contributed by atoms with Crippen LogP contribution in [0.4, 0.5) is 0 Å². The Bertz CT molecular complexity index is 1450. The molecular formula is C40H36Cl2P2+2. The van der Waals surface area contributed by atoms with Gasteiger partial charge in [0.25, 0.3) is 0 Å². The van der Waals surface area contributed by atoms with Crippen molar-refractivity contribution < 1.29 is 0 Å². The van der Waals surface area contributed by atoms with Crippen molar-refractivity contribution in [3.05, 3.63) is 182 Å². The lowest BCUT2D eigenvalue weighted by Crippen LogP contribution is -2.58. The monoisotopic (exact) mass is 648 g/mol. The molecule has 44 heavy (non-hydrogen) atoms. The van der Waals surface area contributed by atoms with Gasteiger partial charge in [-0.15, -0.1) is 0 Å². The zero-order chi connectivity index (χ0) is 30.7. The molecule has 0 aliphatic rings. The summed E-state index contributed by atoms with van der Waals surface area (Å²) in [5.74, 6) is 0. The molecule has 0 aliphatic heterocycles. The molecule has 2 atom stereocenters. The van der Waals surface area contributed by atoms with Crippen molar-refractivity contribution in [1.82, 2.24) is 0 Å². The first-order valence-electron chi connectivity index (χ1n) is 14.9. The van der Waals surface area contributed by atoms with Crippen molar-refractivity contribution in [2.45, 2.75) is 23.1 Å². The molecule has 0 amide bonds. The standard InChI is InChI=1S/C40H36Cl2P2/c1-39(41,43(33-21-9-3-10-22-33,34-23-11-4-12-24-34)35-25-13-5-14-26-35)40(2,42)44(36-27-15-6-16-28-36,37-29-17-7-18-30-37)38-31-19-8-20-32-38/h3-32H,1-2H3/q+2. The van der Waals surface area contributed by atoms with Crippen LogP contribution in [0.3, 0.4) is 0 Å². The molecule has 2 unspecified atom stereocenters. The summed E-state index contributed by atoms with van der Waals surface area (Å²) in [7, 11) is -5.35. The Hall–Kier alpha value is -3.24. The Morgan fingerprint density at radius 1 is 0.295 bits per heavy atom. The summed E-state index contributed by atoms with van der Waals surface area (Å²) in [5, 5.41) is 7.22. The second-order valence-electron chi connectivity index (χ2n) is 11.3. The van der Waals surface area contributed by atoms with Gasteiger partial charge in [-0.1, -0.05) is 132 Å². The minimum atomic E-state index is -2.67. The summed E-state index contributed by atoms with van der Waals surface area (Å²) in [6.07, 6.45) is 0. The highest BCUT2D eigenvalue weighted by atomic mass is 35.5. The fourth-order valence-electron chi connectivity index (χ4n) is 6.87. The van der Waals surface area contributed by atoms with Gasteiger partial charge in [-0.05, 0) is 86.6 Å². The molecule has 0 fully saturated rings. The van der Waals surface area contributed by atoms with E-state index in [-0.39, 0.29) is 0 Å². The third-order valence-electron chi connectivity index (χ3n) is 8.95. The van der Waals surface area contributed by atoms with Crippen LogP contribution in [-0.2, 0) is 0 Å². The average molecular weight is 650 g/mol. The molecule has 6 rings (SSSR count). The highest BCUT2D eigenvalue weighted by Gasteiger charge is 2.78. The molecule has 4 heteroatoms. The Balaban J connectivity index is 1.80. The van der Waals surface area contributed by atoms with Crippen LogP contribution in [0.1, 0.15) is 13.8 Å². The molecule has 0 saturated carbocycles. The lowest BCUT2D eigenvalue weighted by Gasteiger charge is -2.49. The van der Waals surface area contributed by atoms with Gasteiger partial charge in [0, 0.05) is 0 Å². The van der Waals surface area contributed by atoms with Crippen LogP contribution in [0, 0.1) is 0 Å². The van der Waals surface area contributed by atoms with E-state index in [0.29, 0.717) is 0 Å². The maximum absolute atomic E-state index is 8.53. The van der Waals surface area contributed by atoms with E-state index in [0.717, 1.165) is 0 Å². The van der Waals surface area contributed by atoms with Gasteiger partial charge in [-0.25, -0.2) is 0 Å². The van der Waals surface area contributed by atoms with Crippen molar-refractivity contribution in [2.75, 3.05) is 0 Å². The lowest BCUT2D eigenvalue weighted by molar-refractivity contribution is 0.763. The SMILES string of the molecule is CC(Cl)(C(C)(Cl)[P+](c1ccccc1)(c1ccccc1)c1ccccc1)[P+](c1ccccc1)(c1ccccc1)c1ccccc1. The third kappa shape index (κ3) is 4.76. The van der Waals surface area contributed by atoms with Crippen LogP contribution in [0.5, 0.6) is 0 Å². The summed E-state index contributed by atoms with van der Waals surface area (Å²) in [6, 6.07) is 64.9. The van der Waals surface area contributed by atoms with Crippen LogP contribution < -0.4 is 31.8 Å². The molecule has 0 radical (unpaired) electrons. The maximum atomic E-state index is 8.53. The van der Waals surface area contributed by atoms with Crippen LogP contribution >= 0.6 is 37.7 Å². The fourth-order valence-corrected chi connectivity index (χ4v) is 19.9. The lowest BCUT2D eigenvalue weighted by atomic mass is 10.3. The van der Waals surface area contributed by atoms with E-state index in [4.69, 9.17) is 23.2 Å². The molecule has 0 spiro atoms. The van der Waals surface area contributed by atoms with Gasteiger partial charge in [0.05, 0.1) is 0 Å². The molecule has 6 aromatic rings. The largest absolute Gasteiger partial charge is 0.216 e. The Kier molecular flexibility index (Phi) is 8.84. The number of hydrogen-bond donors (Lipinski definition) is 0. The normalized spacial score (nSPS) is 14.7. The van der Waals surface area contributed by atoms with Crippen LogP contribution in [0.15, 0.2) is 182 Å². The van der Waals surface area contributed by atoms with E-state index in [1.165, 1.54) is 31.8 Å². The topological polar surface area (TPSA) is 0 Å².